The Kier molecular flexibility index (Phi) is 6.39. The van der Waals surface area contributed by atoms with E-state index in [-0.39, 0.29) is 16.5 Å². The van der Waals surface area contributed by atoms with Gasteiger partial charge < -0.3 is 5.32 Å². The van der Waals surface area contributed by atoms with E-state index in [1.807, 2.05) is 38.1 Å². The van der Waals surface area contributed by atoms with E-state index >= 15 is 0 Å². The van der Waals surface area contributed by atoms with Crippen molar-refractivity contribution in [2.75, 3.05) is 13.1 Å². The van der Waals surface area contributed by atoms with Gasteiger partial charge in [-0.05, 0) is 23.9 Å². The van der Waals surface area contributed by atoms with Gasteiger partial charge in [-0.15, -0.1) is 0 Å². The third-order valence-corrected chi connectivity index (χ3v) is 3.00. The van der Waals surface area contributed by atoms with Crippen LogP contribution in [0.25, 0.3) is 6.08 Å². The molecule has 0 saturated heterocycles. The first-order chi connectivity index (χ1) is 9.41. The molecule has 0 aromatic heterocycles. The zero-order valence-electron chi connectivity index (χ0n) is 12.7. The number of nitrogens with one attached hydrogen (secondary N) is 1. The van der Waals surface area contributed by atoms with Crippen LogP contribution in [-0.2, 0) is 0 Å². The predicted octanol–water partition coefficient (Wildman–Crippen LogP) is 3.98. The van der Waals surface area contributed by atoms with Gasteiger partial charge in [0.25, 0.3) is 5.69 Å². The topological polar surface area (TPSA) is 55.2 Å². The summed E-state index contributed by atoms with van der Waals surface area (Å²) in [6.07, 6.45) is 3.92. The quantitative estimate of drug-likeness (QED) is 0.465. The lowest BCUT2D eigenvalue weighted by Crippen LogP contribution is -2.19. The maximum Gasteiger partial charge on any atom is 0.273 e. The van der Waals surface area contributed by atoms with Crippen LogP contribution in [0.4, 0.5) is 5.69 Å². The molecule has 4 heteroatoms. The number of nitro groups is 1. The van der Waals surface area contributed by atoms with Gasteiger partial charge in [0.2, 0.25) is 0 Å². The Morgan fingerprint density at radius 2 is 2.00 bits per heavy atom. The summed E-state index contributed by atoms with van der Waals surface area (Å²) in [5.74, 6) is 0.774. The van der Waals surface area contributed by atoms with Crippen molar-refractivity contribution < 1.29 is 4.92 Å². The van der Waals surface area contributed by atoms with E-state index in [9.17, 15) is 10.1 Å². The van der Waals surface area contributed by atoms with Gasteiger partial charge in [-0.3, -0.25) is 10.1 Å². The minimum Gasteiger partial charge on any atom is -0.313 e. The molecule has 0 saturated carbocycles. The van der Waals surface area contributed by atoms with Crippen LogP contribution in [-0.4, -0.2) is 18.0 Å². The molecule has 0 aliphatic carbocycles. The lowest BCUT2D eigenvalue weighted by atomic mass is 9.99. The van der Waals surface area contributed by atoms with Crippen molar-refractivity contribution in [2.24, 2.45) is 5.92 Å². The fraction of sp³-hybridized carbons (Fsp3) is 0.500. The molecule has 1 rings (SSSR count). The van der Waals surface area contributed by atoms with E-state index in [1.54, 1.807) is 6.07 Å². The molecule has 1 aromatic carbocycles. The summed E-state index contributed by atoms with van der Waals surface area (Å²) in [6, 6.07) is 5.43. The van der Waals surface area contributed by atoms with Crippen LogP contribution < -0.4 is 5.32 Å². The average molecular weight is 276 g/mol. The Labute approximate surface area is 121 Å². The number of hydrogen-bond donors (Lipinski definition) is 1. The molecule has 0 spiro atoms. The van der Waals surface area contributed by atoms with Gasteiger partial charge in [0.05, 0.1) is 4.92 Å². The van der Waals surface area contributed by atoms with Crippen molar-refractivity contribution in [2.45, 2.75) is 33.6 Å². The molecular formula is C16H24N2O2. The highest BCUT2D eigenvalue weighted by molar-refractivity contribution is 5.57. The molecule has 0 heterocycles. The lowest BCUT2D eigenvalue weighted by molar-refractivity contribution is -0.385. The number of rotatable bonds is 7. The van der Waals surface area contributed by atoms with Gasteiger partial charge in [0.1, 0.15) is 0 Å². The minimum atomic E-state index is -0.302. The van der Waals surface area contributed by atoms with E-state index in [1.165, 1.54) is 0 Å². The maximum atomic E-state index is 11.1. The molecule has 0 atom stereocenters. The van der Waals surface area contributed by atoms with Crippen molar-refractivity contribution in [1.82, 2.24) is 5.32 Å². The van der Waals surface area contributed by atoms with Gasteiger partial charge in [0, 0.05) is 18.2 Å². The third kappa shape index (κ3) is 5.13. The number of benzene rings is 1. The molecule has 20 heavy (non-hydrogen) atoms. The van der Waals surface area contributed by atoms with Crippen molar-refractivity contribution >= 4 is 11.8 Å². The van der Waals surface area contributed by atoms with Gasteiger partial charge >= 0.3 is 0 Å². The molecule has 4 nitrogen and oxygen atoms in total. The zero-order valence-corrected chi connectivity index (χ0v) is 12.7. The summed E-state index contributed by atoms with van der Waals surface area (Å²) in [4.78, 5) is 10.8. The van der Waals surface area contributed by atoms with Crippen molar-refractivity contribution in [3.05, 3.63) is 45.5 Å². The zero-order chi connectivity index (χ0) is 15.1. The number of nitro benzene ring substituents is 1. The van der Waals surface area contributed by atoms with E-state index in [2.05, 4.69) is 19.2 Å². The molecule has 0 amide bonds. The molecule has 0 bridgehead atoms. The number of hydrogen-bond acceptors (Lipinski definition) is 3. The molecule has 0 unspecified atom stereocenters. The van der Waals surface area contributed by atoms with E-state index in [0.717, 1.165) is 24.2 Å². The standard InChI is InChI=1S/C16H24N2O2/c1-12(2)11-17-9-5-6-14-7-8-15(13(3)4)16(10-14)18(19)20/h5-8,10,12-13,17H,9,11H2,1-4H3. The molecular weight excluding hydrogens is 252 g/mol. The minimum absolute atomic E-state index is 0.154. The Balaban J connectivity index is 2.75. The van der Waals surface area contributed by atoms with Crippen LogP contribution in [0.5, 0.6) is 0 Å². The highest BCUT2D eigenvalue weighted by atomic mass is 16.6. The lowest BCUT2D eigenvalue weighted by Gasteiger charge is -2.07. The van der Waals surface area contributed by atoms with Gasteiger partial charge in [-0.2, -0.15) is 0 Å². The van der Waals surface area contributed by atoms with Crippen LogP contribution >= 0.6 is 0 Å². The van der Waals surface area contributed by atoms with Crippen molar-refractivity contribution in [3.8, 4) is 0 Å². The average Bonchev–Trinajstić information content (AvgIpc) is 2.37. The molecule has 110 valence electrons. The van der Waals surface area contributed by atoms with Crippen LogP contribution in [0.1, 0.15) is 44.7 Å². The second-order valence-corrected chi connectivity index (χ2v) is 5.68. The summed E-state index contributed by atoms with van der Waals surface area (Å²) in [7, 11) is 0. The molecule has 0 aliphatic rings. The van der Waals surface area contributed by atoms with E-state index < -0.39 is 0 Å². The second-order valence-electron chi connectivity index (χ2n) is 5.68. The van der Waals surface area contributed by atoms with E-state index in [0.29, 0.717) is 5.92 Å². The molecule has 1 N–H and O–H groups in total. The Morgan fingerprint density at radius 3 is 2.55 bits per heavy atom. The molecule has 0 aliphatic heterocycles. The summed E-state index contributed by atoms with van der Waals surface area (Å²) >= 11 is 0. The summed E-state index contributed by atoms with van der Waals surface area (Å²) in [6.45, 7) is 9.99. The van der Waals surface area contributed by atoms with Gasteiger partial charge in [-0.25, -0.2) is 0 Å². The predicted molar refractivity (Wildman–Crippen MR) is 83.9 cm³/mol. The summed E-state index contributed by atoms with van der Waals surface area (Å²) < 4.78 is 0. The molecule has 0 radical (unpaired) electrons. The monoisotopic (exact) mass is 276 g/mol. The molecule has 0 fully saturated rings. The highest BCUT2D eigenvalue weighted by Gasteiger charge is 2.16. The van der Waals surface area contributed by atoms with Crippen LogP contribution in [0.15, 0.2) is 24.3 Å². The van der Waals surface area contributed by atoms with E-state index in [4.69, 9.17) is 0 Å². The second kappa shape index (κ2) is 7.80. The Bertz CT molecular complexity index is 479. The van der Waals surface area contributed by atoms with Crippen molar-refractivity contribution in [3.63, 3.8) is 0 Å². The van der Waals surface area contributed by atoms with Gasteiger partial charge in [-0.1, -0.05) is 52.0 Å². The Morgan fingerprint density at radius 1 is 1.30 bits per heavy atom. The van der Waals surface area contributed by atoms with Crippen LogP contribution in [0.2, 0.25) is 0 Å². The fourth-order valence-electron chi connectivity index (χ4n) is 1.96. The Hall–Kier alpha value is -1.68. The first-order valence-electron chi connectivity index (χ1n) is 7.07. The molecule has 1 aromatic rings. The van der Waals surface area contributed by atoms with Crippen LogP contribution in [0.3, 0.4) is 0 Å². The first-order valence-corrected chi connectivity index (χ1v) is 7.07. The normalized spacial score (nSPS) is 11.7. The SMILES string of the molecule is CC(C)CNCC=Cc1ccc(C(C)C)c([N+](=O)[O-])c1. The smallest absolute Gasteiger partial charge is 0.273 e. The highest BCUT2D eigenvalue weighted by Crippen LogP contribution is 2.27. The van der Waals surface area contributed by atoms with Gasteiger partial charge in [0.15, 0.2) is 0 Å². The van der Waals surface area contributed by atoms with Crippen molar-refractivity contribution in [1.29, 1.82) is 0 Å². The largest absolute Gasteiger partial charge is 0.313 e. The maximum absolute atomic E-state index is 11.1. The van der Waals surface area contributed by atoms with Crippen LogP contribution in [0, 0.1) is 16.0 Å². The summed E-state index contributed by atoms with van der Waals surface area (Å²) in [5, 5.41) is 14.4. The number of nitrogens with zero attached hydrogens (tertiary/aromatic N) is 1. The first kappa shape index (κ1) is 16.4. The summed E-state index contributed by atoms with van der Waals surface area (Å²) in [5.41, 5.74) is 1.86. The fourth-order valence-corrected chi connectivity index (χ4v) is 1.96. The third-order valence-electron chi connectivity index (χ3n) is 3.00.